The van der Waals surface area contributed by atoms with Crippen LogP contribution in [0.5, 0.6) is 0 Å². The monoisotopic (exact) mass is 494 g/mol. The maximum absolute atomic E-state index is 2.69. The van der Waals surface area contributed by atoms with Crippen molar-refractivity contribution in [3.8, 4) is 0 Å². The van der Waals surface area contributed by atoms with Gasteiger partial charge in [0.05, 0.1) is 0 Å². The molecule has 2 fully saturated rings. The molecule has 0 N–H and O–H groups in total. The summed E-state index contributed by atoms with van der Waals surface area (Å²) >= 11 is 2.69. The number of hydrogen-bond acceptors (Lipinski definition) is 0. The number of alkyl halides is 1. The highest BCUT2D eigenvalue weighted by Crippen LogP contribution is 2.52. The molecule has 1 heteroatoms. The van der Waals surface area contributed by atoms with Gasteiger partial charge in [0, 0.05) is 3.42 Å². The van der Waals surface area contributed by atoms with Gasteiger partial charge >= 0.3 is 0 Å². The Kier molecular flexibility index (Phi) is 7.95. The molecule has 0 atom stereocenters. The van der Waals surface area contributed by atoms with Crippen LogP contribution < -0.4 is 0 Å². The van der Waals surface area contributed by atoms with Crippen LogP contribution in [0.3, 0.4) is 0 Å². The van der Waals surface area contributed by atoms with Gasteiger partial charge in [-0.3, -0.25) is 0 Å². The molecule has 2 saturated carbocycles. The average Bonchev–Trinajstić information content (AvgIpc) is 3.59. The number of hydrogen-bond donors (Lipinski definition) is 0. The van der Waals surface area contributed by atoms with E-state index in [2.05, 4.69) is 56.4 Å². The number of rotatable bonds is 13. The lowest BCUT2D eigenvalue weighted by Gasteiger charge is -2.17. The van der Waals surface area contributed by atoms with Crippen molar-refractivity contribution in [2.45, 2.75) is 127 Å². The van der Waals surface area contributed by atoms with E-state index < -0.39 is 0 Å². The van der Waals surface area contributed by atoms with Crippen LogP contribution in [0.1, 0.15) is 118 Å². The zero-order chi connectivity index (χ0) is 20.2. The molecule has 0 heterocycles. The third-order valence-electron chi connectivity index (χ3n) is 8.07. The molecule has 0 saturated heterocycles. The predicted octanol–water partition coefficient (Wildman–Crippen LogP) is 8.98. The lowest BCUT2D eigenvalue weighted by Crippen LogP contribution is -2.03. The molecule has 158 valence electrons. The second-order valence-electron chi connectivity index (χ2n) is 10.2. The molecule has 0 bridgehead atoms. The molecule has 0 aromatic heterocycles. The quantitative estimate of drug-likeness (QED) is 0.146. The topological polar surface area (TPSA) is 0 Å². The predicted molar refractivity (Wildman–Crippen MR) is 133 cm³/mol. The van der Waals surface area contributed by atoms with Crippen LogP contribution in [-0.2, 0) is 12.8 Å². The number of halogens is 1. The molecular formula is C27H43I. The molecular weight excluding hydrogens is 451 g/mol. The maximum atomic E-state index is 2.69. The fraction of sp³-hybridized carbons (Fsp3) is 0.778. The van der Waals surface area contributed by atoms with Crippen LogP contribution in [0, 0.1) is 26.2 Å². The molecule has 28 heavy (non-hydrogen) atoms. The lowest BCUT2D eigenvalue weighted by molar-refractivity contribution is 0.422. The van der Waals surface area contributed by atoms with Gasteiger partial charge in [0.2, 0.25) is 0 Å². The van der Waals surface area contributed by atoms with Gasteiger partial charge in [0.25, 0.3) is 0 Å². The smallest absolute Gasteiger partial charge is 0.0223 e. The van der Waals surface area contributed by atoms with E-state index >= 15 is 0 Å². The second kappa shape index (κ2) is 9.84. The van der Waals surface area contributed by atoms with Crippen LogP contribution in [0.2, 0.25) is 0 Å². The molecule has 3 rings (SSSR count). The molecule has 0 aliphatic heterocycles. The Hall–Kier alpha value is -0.0500. The zero-order valence-electron chi connectivity index (χ0n) is 19.1. The van der Waals surface area contributed by atoms with E-state index in [0.717, 1.165) is 5.41 Å². The summed E-state index contributed by atoms with van der Waals surface area (Å²) in [4.78, 5) is 0. The van der Waals surface area contributed by atoms with Gasteiger partial charge in [-0.05, 0) is 118 Å². The maximum Gasteiger partial charge on any atom is 0.0223 e. The Bertz CT molecular complexity index is 649. The van der Waals surface area contributed by atoms with E-state index in [4.69, 9.17) is 0 Å². The minimum absolute atomic E-state index is 0.707. The van der Waals surface area contributed by atoms with Gasteiger partial charge in [-0.1, -0.05) is 67.7 Å². The average molecular weight is 495 g/mol. The van der Waals surface area contributed by atoms with Crippen LogP contribution in [0.15, 0.2) is 6.07 Å². The van der Waals surface area contributed by atoms with E-state index in [1.807, 2.05) is 0 Å². The van der Waals surface area contributed by atoms with E-state index in [0.29, 0.717) is 3.42 Å². The summed E-state index contributed by atoms with van der Waals surface area (Å²) in [6.07, 6.45) is 21.3. The molecule has 0 spiro atoms. The fourth-order valence-corrected chi connectivity index (χ4v) is 5.77. The summed E-state index contributed by atoms with van der Waals surface area (Å²) in [5.41, 5.74) is 8.77. The Labute approximate surface area is 188 Å². The first kappa shape index (κ1) is 22.6. The largest absolute Gasteiger partial charge is 0.0789 e. The summed E-state index contributed by atoms with van der Waals surface area (Å²) in [6, 6.07) is 2.52. The SMILES string of the molecule is CCC1(CCCCCc2c(C)cc(CCCCCC3(I)CC3)c(C)c2C)CC1. The van der Waals surface area contributed by atoms with E-state index in [1.165, 1.54) is 96.3 Å². The number of benzene rings is 1. The molecule has 0 unspecified atom stereocenters. The van der Waals surface area contributed by atoms with E-state index in [1.54, 1.807) is 27.8 Å². The third kappa shape index (κ3) is 6.22. The van der Waals surface area contributed by atoms with Crippen LogP contribution in [0.4, 0.5) is 0 Å². The summed E-state index contributed by atoms with van der Waals surface area (Å²) in [7, 11) is 0. The van der Waals surface area contributed by atoms with Crippen LogP contribution in [-0.4, -0.2) is 3.42 Å². The summed E-state index contributed by atoms with van der Waals surface area (Å²) < 4.78 is 0.707. The first-order valence-corrected chi connectivity index (χ1v) is 13.2. The number of aryl methyl sites for hydroxylation is 2. The van der Waals surface area contributed by atoms with E-state index in [9.17, 15) is 0 Å². The molecule has 1 aromatic carbocycles. The van der Waals surface area contributed by atoms with Gasteiger partial charge in [0.15, 0.2) is 0 Å². The Morgan fingerprint density at radius 1 is 0.786 bits per heavy atom. The summed E-state index contributed by atoms with van der Waals surface area (Å²) in [5.74, 6) is 0. The molecule has 2 aliphatic rings. The second-order valence-corrected chi connectivity index (χ2v) is 12.5. The van der Waals surface area contributed by atoms with Crippen molar-refractivity contribution in [2.75, 3.05) is 0 Å². The molecule has 2 aliphatic carbocycles. The molecule has 1 aromatic rings. The number of unbranched alkanes of at least 4 members (excludes halogenated alkanes) is 4. The highest BCUT2D eigenvalue weighted by Gasteiger charge is 2.39. The Morgan fingerprint density at radius 2 is 1.43 bits per heavy atom. The van der Waals surface area contributed by atoms with Crippen molar-refractivity contribution in [2.24, 2.45) is 5.41 Å². The molecule has 0 amide bonds. The lowest BCUT2D eigenvalue weighted by atomic mass is 9.88. The molecule has 0 nitrogen and oxygen atoms in total. The van der Waals surface area contributed by atoms with Crippen molar-refractivity contribution in [3.63, 3.8) is 0 Å². The summed E-state index contributed by atoms with van der Waals surface area (Å²) in [5, 5.41) is 0. The van der Waals surface area contributed by atoms with Crippen molar-refractivity contribution >= 4 is 22.6 Å². The highest BCUT2D eigenvalue weighted by atomic mass is 127. The van der Waals surface area contributed by atoms with Gasteiger partial charge in [-0.2, -0.15) is 0 Å². The van der Waals surface area contributed by atoms with Crippen molar-refractivity contribution in [3.05, 3.63) is 33.9 Å². The standard InChI is InChI=1S/C27H43I/c1-5-26(16-17-26)14-10-7-9-13-25-21(2)20-24(22(3)23(25)4)12-8-6-11-15-27(28)18-19-27/h20H,5-19H2,1-4H3. The first-order valence-electron chi connectivity index (χ1n) is 12.2. The highest BCUT2D eigenvalue weighted by molar-refractivity contribution is 14.1. The van der Waals surface area contributed by atoms with Crippen molar-refractivity contribution in [1.29, 1.82) is 0 Å². The Morgan fingerprint density at radius 3 is 2.04 bits per heavy atom. The van der Waals surface area contributed by atoms with Gasteiger partial charge in [0.1, 0.15) is 0 Å². The van der Waals surface area contributed by atoms with Gasteiger partial charge in [-0.25, -0.2) is 0 Å². The van der Waals surface area contributed by atoms with Crippen LogP contribution >= 0.6 is 22.6 Å². The van der Waals surface area contributed by atoms with Crippen molar-refractivity contribution in [1.82, 2.24) is 0 Å². The third-order valence-corrected chi connectivity index (χ3v) is 9.69. The van der Waals surface area contributed by atoms with E-state index in [-0.39, 0.29) is 0 Å². The fourth-order valence-electron chi connectivity index (χ4n) is 5.12. The summed E-state index contributed by atoms with van der Waals surface area (Å²) in [6.45, 7) is 9.49. The molecule has 0 radical (unpaired) electrons. The van der Waals surface area contributed by atoms with Gasteiger partial charge < -0.3 is 0 Å². The van der Waals surface area contributed by atoms with Crippen molar-refractivity contribution < 1.29 is 0 Å². The van der Waals surface area contributed by atoms with Crippen LogP contribution in [0.25, 0.3) is 0 Å². The minimum atomic E-state index is 0.707. The minimum Gasteiger partial charge on any atom is -0.0789 e. The van der Waals surface area contributed by atoms with Gasteiger partial charge in [-0.15, -0.1) is 0 Å². The first-order chi connectivity index (χ1) is 13.4. The Balaban J connectivity index is 1.41. The normalized spacial score (nSPS) is 19.0. The zero-order valence-corrected chi connectivity index (χ0v) is 21.2.